The van der Waals surface area contributed by atoms with Crippen LogP contribution in [0, 0.1) is 0 Å². The minimum Gasteiger partial charge on any atom is -0.462 e. The van der Waals surface area contributed by atoms with Crippen LogP contribution in [-0.4, -0.2) is 33.1 Å². The molecule has 3 rings (SSSR count). The Kier molecular flexibility index (Phi) is 6.13. The SMILES string of the molecule is CCOC(=O)c1cnn(Cc2nc(-c3cccc(CC(=O)CC)c3)cs2)c1. The highest BCUT2D eigenvalue weighted by atomic mass is 32.1. The van der Waals surface area contributed by atoms with Crippen molar-refractivity contribution in [3.05, 3.63) is 58.2 Å². The Morgan fingerprint density at radius 3 is 2.89 bits per heavy atom. The van der Waals surface area contributed by atoms with Crippen molar-refractivity contribution in [1.82, 2.24) is 14.8 Å². The number of ketones is 1. The molecule has 0 saturated carbocycles. The molecule has 0 unspecified atom stereocenters. The minimum absolute atomic E-state index is 0.224. The summed E-state index contributed by atoms with van der Waals surface area (Å²) in [4.78, 5) is 28.1. The van der Waals surface area contributed by atoms with Crippen molar-refractivity contribution < 1.29 is 14.3 Å². The molecule has 0 aliphatic rings. The van der Waals surface area contributed by atoms with E-state index in [1.807, 2.05) is 36.6 Å². The van der Waals surface area contributed by atoms with Crippen molar-refractivity contribution in [2.75, 3.05) is 6.61 Å². The summed E-state index contributed by atoms with van der Waals surface area (Å²) in [5.41, 5.74) is 3.30. The number of carbonyl (C=O) groups excluding carboxylic acids is 2. The Balaban J connectivity index is 1.71. The van der Waals surface area contributed by atoms with E-state index in [4.69, 9.17) is 4.74 Å². The number of Topliss-reactive ketones (excluding diaryl/α,β-unsaturated/α-hetero) is 1. The van der Waals surface area contributed by atoms with Gasteiger partial charge in [0, 0.05) is 30.0 Å². The van der Waals surface area contributed by atoms with Gasteiger partial charge in [-0.15, -0.1) is 11.3 Å². The number of thiazole rings is 1. The molecular weight excluding hydrogens is 362 g/mol. The van der Waals surface area contributed by atoms with Crippen LogP contribution in [0.4, 0.5) is 0 Å². The summed E-state index contributed by atoms with van der Waals surface area (Å²) in [6, 6.07) is 7.92. The zero-order valence-corrected chi connectivity index (χ0v) is 16.2. The maximum absolute atomic E-state index is 11.7. The summed E-state index contributed by atoms with van der Waals surface area (Å²) in [7, 11) is 0. The van der Waals surface area contributed by atoms with Crippen LogP contribution in [0.2, 0.25) is 0 Å². The van der Waals surface area contributed by atoms with Gasteiger partial charge >= 0.3 is 5.97 Å². The summed E-state index contributed by atoms with van der Waals surface area (Å²) >= 11 is 1.54. The van der Waals surface area contributed by atoms with Gasteiger partial charge in [-0.3, -0.25) is 9.48 Å². The fourth-order valence-electron chi connectivity index (χ4n) is 2.62. The summed E-state index contributed by atoms with van der Waals surface area (Å²) in [5, 5.41) is 7.08. The lowest BCUT2D eigenvalue weighted by atomic mass is 10.0. The third-order valence-electron chi connectivity index (χ3n) is 4.01. The van der Waals surface area contributed by atoms with Crippen LogP contribution in [0.1, 0.15) is 41.2 Å². The van der Waals surface area contributed by atoms with Gasteiger partial charge in [0.15, 0.2) is 0 Å². The highest BCUT2D eigenvalue weighted by molar-refractivity contribution is 7.09. The first-order valence-electron chi connectivity index (χ1n) is 8.84. The van der Waals surface area contributed by atoms with Gasteiger partial charge in [0.25, 0.3) is 0 Å². The second-order valence-electron chi connectivity index (χ2n) is 6.04. The summed E-state index contributed by atoms with van der Waals surface area (Å²) in [6.45, 7) is 4.47. The van der Waals surface area contributed by atoms with Crippen LogP contribution < -0.4 is 0 Å². The number of benzene rings is 1. The molecule has 2 aromatic heterocycles. The van der Waals surface area contributed by atoms with Crippen molar-refractivity contribution in [2.24, 2.45) is 0 Å². The molecule has 0 N–H and O–H groups in total. The summed E-state index contributed by atoms with van der Waals surface area (Å²) in [5.74, 6) is -0.149. The second-order valence-corrected chi connectivity index (χ2v) is 6.99. The maximum Gasteiger partial charge on any atom is 0.341 e. The van der Waals surface area contributed by atoms with Gasteiger partial charge in [0.2, 0.25) is 0 Å². The standard InChI is InChI=1S/C20H21N3O3S/c1-3-17(24)9-14-6-5-7-15(8-14)18-13-27-19(22-18)12-23-11-16(10-21-23)20(25)26-4-2/h5-8,10-11,13H,3-4,9,12H2,1-2H3. The average molecular weight is 383 g/mol. The fraction of sp³-hybridized carbons (Fsp3) is 0.300. The number of hydrogen-bond donors (Lipinski definition) is 0. The first-order valence-corrected chi connectivity index (χ1v) is 9.72. The molecule has 0 spiro atoms. The number of ether oxygens (including phenoxy) is 1. The van der Waals surface area contributed by atoms with Crippen LogP contribution in [0.15, 0.2) is 42.0 Å². The highest BCUT2D eigenvalue weighted by Gasteiger charge is 2.11. The molecule has 0 atom stereocenters. The third kappa shape index (κ3) is 4.89. The van der Waals surface area contributed by atoms with E-state index < -0.39 is 0 Å². The Morgan fingerprint density at radius 1 is 1.26 bits per heavy atom. The highest BCUT2D eigenvalue weighted by Crippen LogP contribution is 2.23. The van der Waals surface area contributed by atoms with Gasteiger partial charge in [-0.05, 0) is 18.6 Å². The van der Waals surface area contributed by atoms with Gasteiger partial charge in [-0.25, -0.2) is 9.78 Å². The van der Waals surface area contributed by atoms with Crippen LogP contribution in [-0.2, 0) is 22.5 Å². The number of hydrogen-bond acceptors (Lipinski definition) is 6. The van der Waals surface area contributed by atoms with Gasteiger partial charge in [0.1, 0.15) is 10.8 Å². The molecule has 0 fully saturated rings. The van der Waals surface area contributed by atoms with Crippen molar-refractivity contribution in [3.63, 3.8) is 0 Å². The normalized spacial score (nSPS) is 10.7. The Morgan fingerprint density at radius 2 is 2.11 bits per heavy atom. The third-order valence-corrected chi connectivity index (χ3v) is 4.85. The summed E-state index contributed by atoms with van der Waals surface area (Å²) in [6.07, 6.45) is 4.16. The first kappa shape index (κ1) is 19.0. The molecule has 0 bridgehead atoms. The largest absolute Gasteiger partial charge is 0.462 e. The predicted molar refractivity (Wildman–Crippen MR) is 104 cm³/mol. The molecule has 0 amide bonds. The first-order chi connectivity index (χ1) is 13.1. The Bertz CT molecular complexity index is 945. The Hall–Kier alpha value is -2.80. The van der Waals surface area contributed by atoms with Gasteiger partial charge < -0.3 is 4.74 Å². The molecular formula is C20H21N3O3S. The van der Waals surface area contributed by atoms with Crippen molar-refractivity contribution in [3.8, 4) is 11.3 Å². The number of aromatic nitrogens is 3. The van der Waals surface area contributed by atoms with Crippen molar-refractivity contribution in [2.45, 2.75) is 33.2 Å². The molecule has 2 heterocycles. The van der Waals surface area contributed by atoms with Crippen LogP contribution in [0.5, 0.6) is 0 Å². The Labute approximate surface area is 161 Å². The van der Waals surface area contributed by atoms with E-state index in [1.165, 1.54) is 17.5 Å². The van der Waals surface area contributed by atoms with E-state index >= 15 is 0 Å². The lowest BCUT2D eigenvalue weighted by Crippen LogP contribution is -2.04. The lowest BCUT2D eigenvalue weighted by molar-refractivity contribution is -0.118. The van der Waals surface area contributed by atoms with Gasteiger partial charge in [-0.2, -0.15) is 5.10 Å². The monoisotopic (exact) mass is 383 g/mol. The lowest BCUT2D eigenvalue weighted by Gasteiger charge is -2.02. The van der Waals surface area contributed by atoms with Crippen LogP contribution in [0.25, 0.3) is 11.3 Å². The minimum atomic E-state index is -0.373. The molecule has 6 nitrogen and oxygen atoms in total. The molecule has 3 aromatic rings. The number of carbonyl (C=O) groups is 2. The molecule has 0 saturated heterocycles. The maximum atomic E-state index is 11.7. The average Bonchev–Trinajstić information content (AvgIpc) is 3.32. The van der Waals surface area contributed by atoms with Crippen molar-refractivity contribution in [1.29, 1.82) is 0 Å². The zero-order chi connectivity index (χ0) is 19.2. The van der Waals surface area contributed by atoms with E-state index in [2.05, 4.69) is 10.1 Å². The van der Waals surface area contributed by atoms with Gasteiger partial charge in [0.05, 0.1) is 30.6 Å². The van der Waals surface area contributed by atoms with E-state index in [1.54, 1.807) is 17.8 Å². The molecule has 0 aliphatic carbocycles. The van der Waals surface area contributed by atoms with E-state index in [0.717, 1.165) is 21.8 Å². The quantitative estimate of drug-likeness (QED) is 0.554. The molecule has 140 valence electrons. The van der Waals surface area contributed by atoms with Crippen LogP contribution >= 0.6 is 11.3 Å². The molecule has 1 aromatic carbocycles. The molecule has 27 heavy (non-hydrogen) atoms. The van der Waals surface area contributed by atoms with E-state index in [-0.39, 0.29) is 11.8 Å². The number of esters is 1. The predicted octanol–water partition coefficient (Wildman–Crippen LogP) is 3.75. The summed E-state index contributed by atoms with van der Waals surface area (Å²) < 4.78 is 6.64. The smallest absolute Gasteiger partial charge is 0.341 e. The van der Waals surface area contributed by atoms with Crippen molar-refractivity contribution >= 4 is 23.1 Å². The number of rotatable bonds is 8. The molecule has 0 radical (unpaired) electrons. The van der Waals surface area contributed by atoms with E-state index in [9.17, 15) is 9.59 Å². The van der Waals surface area contributed by atoms with Crippen LogP contribution in [0.3, 0.4) is 0 Å². The van der Waals surface area contributed by atoms with E-state index in [0.29, 0.717) is 31.6 Å². The zero-order valence-electron chi connectivity index (χ0n) is 15.3. The van der Waals surface area contributed by atoms with Gasteiger partial charge in [-0.1, -0.05) is 25.1 Å². The molecule has 0 aliphatic heterocycles. The number of nitrogens with zero attached hydrogens (tertiary/aromatic N) is 3. The second kappa shape index (κ2) is 8.73. The topological polar surface area (TPSA) is 74.1 Å². The molecule has 7 heteroatoms. The fourth-order valence-corrected chi connectivity index (χ4v) is 3.41.